The summed E-state index contributed by atoms with van der Waals surface area (Å²) in [5, 5.41) is 2.58. The number of nitrogens with zero attached hydrogens (tertiary/aromatic N) is 2. The van der Waals surface area contributed by atoms with E-state index in [9.17, 15) is 9.59 Å². The van der Waals surface area contributed by atoms with Crippen LogP contribution in [0.5, 0.6) is 0 Å². The van der Waals surface area contributed by atoms with Crippen LogP contribution in [-0.2, 0) is 19.1 Å². The fourth-order valence-corrected chi connectivity index (χ4v) is 2.17. The van der Waals surface area contributed by atoms with Crippen LogP contribution in [0.15, 0.2) is 0 Å². The van der Waals surface area contributed by atoms with Crippen LogP contribution in [0.25, 0.3) is 0 Å². The summed E-state index contributed by atoms with van der Waals surface area (Å²) in [7, 11) is 6.82. The zero-order chi connectivity index (χ0) is 15.2. The van der Waals surface area contributed by atoms with Gasteiger partial charge in [0.1, 0.15) is 5.60 Å². The van der Waals surface area contributed by atoms with Crippen LogP contribution in [0.2, 0.25) is 0 Å². The van der Waals surface area contributed by atoms with Crippen molar-refractivity contribution < 1.29 is 19.1 Å². The minimum Gasteiger partial charge on any atom is -0.377 e. The van der Waals surface area contributed by atoms with Crippen molar-refractivity contribution >= 4 is 11.8 Å². The highest BCUT2D eigenvalue weighted by Gasteiger charge is 2.38. The summed E-state index contributed by atoms with van der Waals surface area (Å²) in [5.74, 6) is -0.115. The predicted octanol–water partition coefficient (Wildman–Crippen LogP) is -1.07. The third-order valence-corrected chi connectivity index (χ3v) is 3.35. The van der Waals surface area contributed by atoms with Crippen molar-refractivity contribution in [1.82, 2.24) is 15.1 Å². The highest BCUT2D eigenvalue weighted by atomic mass is 16.5. The Kier molecular flexibility index (Phi) is 6.38. The molecule has 1 aliphatic heterocycles. The van der Waals surface area contributed by atoms with Crippen LogP contribution in [0.4, 0.5) is 0 Å². The lowest BCUT2D eigenvalue weighted by atomic mass is 9.99. The molecule has 1 fully saturated rings. The van der Waals surface area contributed by atoms with Gasteiger partial charge in [0.25, 0.3) is 0 Å². The Labute approximate surface area is 120 Å². The summed E-state index contributed by atoms with van der Waals surface area (Å²) in [5.41, 5.74) is -0.779. The number of carbonyl (C=O) groups is 2. The van der Waals surface area contributed by atoms with E-state index in [4.69, 9.17) is 9.47 Å². The number of rotatable bonds is 5. The fraction of sp³-hybridized carbons (Fsp3) is 0.846. The smallest absolute Gasteiger partial charge is 0.236 e. The van der Waals surface area contributed by atoms with Crippen molar-refractivity contribution in [3.05, 3.63) is 0 Å². The molecule has 0 unspecified atom stereocenters. The van der Waals surface area contributed by atoms with Gasteiger partial charge >= 0.3 is 0 Å². The van der Waals surface area contributed by atoms with Gasteiger partial charge in [-0.25, -0.2) is 0 Å². The monoisotopic (exact) mass is 287 g/mol. The highest BCUT2D eigenvalue weighted by Crippen LogP contribution is 2.21. The van der Waals surface area contributed by atoms with Gasteiger partial charge in [0.2, 0.25) is 11.8 Å². The maximum Gasteiger partial charge on any atom is 0.236 e. The number of amides is 2. The van der Waals surface area contributed by atoms with E-state index >= 15 is 0 Å². The van der Waals surface area contributed by atoms with E-state index in [-0.39, 0.29) is 18.2 Å². The Hall–Kier alpha value is -1.18. The first-order valence-electron chi connectivity index (χ1n) is 6.68. The Bertz CT molecular complexity index is 349. The molecule has 1 rings (SSSR count). The maximum atomic E-state index is 12.2. The number of likely N-dealkylation sites (N-methyl/N-ethyl adjacent to an activating group) is 1. The Balaban J connectivity index is 2.79. The average molecular weight is 287 g/mol. The van der Waals surface area contributed by atoms with Gasteiger partial charge in [-0.15, -0.1) is 0 Å². The van der Waals surface area contributed by atoms with Crippen molar-refractivity contribution in [3.8, 4) is 0 Å². The molecule has 0 aromatic rings. The van der Waals surface area contributed by atoms with E-state index in [0.29, 0.717) is 32.8 Å². The summed E-state index contributed by atoms with van der Waals surface area (Å²) >= 11 is 0. The van der Waals surface area contributed by atoms with Crippen LogP contribution in [0.1, 0.15) is 6.42 Å². The predicted molar refractivity (Wildman–Crippen MR) is 74.4 cm³/mol. The van der Waals surface area contributed by atoms with Crippen LogP contribution in [0, 0.1) is 0 Å². The minimum absolute atomic E-state index is 0.0128. The number of nitrogens with one attached hydrogen (secondary N) is 1. The molecule has 116 valence electrons. The standard InChI is InChI=1S/C13H25N3O4/c1-14-11(17)7-13(19-4)9-16(5-6-20-10-13)12(18)8-15(2)3/h5-10H2,1-4H3,(H,14,17)/t13-/m0/s1. The molecule has 0 aliphatic carbocycles. The Morgan fingerprint density at radius 1 is 1.45 bits per heavy atom. The summed E-state index contributed by atoms with van der Waals surface area (Å²) in [4.78, 5) is 27.4. The molecule has 0 aromatic carbocycles. The van der Waals surface area contributed by atoms with Crippen molar-refractivity contribution in [2.24, 2.45) is 0 Å². The number of hydrogen-bond acceptors (Lipinski definition) is 5. The number of methoxy groups -OCH3 is 1. The second kappa shape index (κ2) is 7.56. The van der Waals surface area contributed by atoms with E-state index in [1.807, 2.05) is 19.0 Å². The quantitative estimate of drug-likeness (QED) is 0.697. The molecule has 1 atom stereocenters. The van der Waals surface area contributed by atoms with E-state index in [1.165, 1.54) is 0 Å². The first kappa shape index (κ1) is 16.9. The third kappa shape index (κ3) is 4.73. The summed E-state index contributed by atoms with van der Waals surface area (Å²) in [6.07, 6.45) is 0.172. The number of carbonyl (C=O) groups excluding carboxylic acids is 2. The normalized spacial score (nSPS) is 23.6. The first-order chi connectivity index (χ1) is 9.42. The molecular formula is C13H25N3O4. The van der Waals surface area contributed by atoms with Crippen LogP contribution in [0.3, 0.4) is 0 Å². The van der Waals surface area contributed by atoms with Crippen LogP contribution >= 0.6 is 0 Å². The fourth-order valence-electron chi connectivity index (χ4n) is 2.17. The Morgan fingerprint density at radius 3 is 2.70 bits per heavy atom. The molecule has 7 nitrogen and oxygen atoms in total. The molecular weight excluding hydrogens is 262 g/mol. The molecule has 0 bridgehead atoms. The zero-order valence-corrected chi connectivity index (χ0v) is 12.8. The summed E-state index contributed by atoms with van der Waals surface area (Å²) < 4.78 is 11.0. The van der Waals surface area contributed by atoms with Crippen molar-refractivity contribution in [3.63, 3.8) is 0 Å². The van der Waals surface area contributed by atoms with Crippen LogP contribution < -0.4 is 5.32 Å². The van der Waals surface area contributed by atoms with Gasteiger partial charge < -0.3 is 24.6 Å². The second-order valence-corrected chi connectivity index (χ2v) is 5.34. The zero-order valence-electron chi connectivity index (χ0n) is 12.8. The largest absolute Gasteiger partial charge is 0.377 e. The number of ether oxygens (including phenoxy) is 2. The molecule has 0 radical (unpaired) electrons. The molecule has 0 saturated carbocycles. The lowest BCUT2D eigenvalue weighted by Gasteiger charge is -2.34. The third-order valence-electron chi connectivity index (χ3n) is 3.35. The molecule has 20 heavy (non-hydrogen) atoms. The van der Waals surface area contributed by atoms with Gasteiger partial charge in [-0.1, -0.05) is 0 Å². The van der Waals surface area contributed by atoms with Crippen molar-refractivity contribution in [2.45, 2.75) is 12.0 Å². The molecule has 1 saturated heterocycles. The van der Waals surface area contributed by atoms with Crippen molar-refractivity contribution in [2.75, 3.05) is 61.1 Å². The topological polar surface area (TPSA) is 71.1 Å². The molecule has 2 amide bonds. The SMILES string of the molecule is CNC(=O)C[C@@]1(OC)COCCN(C(=O)CN(C)C)C1. The molecule has 1 N–H and O–H groups in total. The first-order valence-corrected chi connectivity index (χ1v) is 6.68. The molecule has 1 heterocycles. The minimum atomic E-state index is -0.779. The molecule has 7 heteroatoms. The summed E-state index contributed by atoms with van der Waals surface area (Å²) in [6.45, 7) is 1.98. The average Bonchev–Trinajstić information content (AvgIpc) is 2.61. The molecule has 1 aliphatic rings. The van der Waals surface area contributed by atoms with Crippen molar-refractivity contribution in [1.29, 1.82) is 0 Å². The van der Waals surface area contributed by atoms with Gasteiger partial charge in [-0.05, 0) is 14.1 Å². The lowest BCUT2D eigenvalue weighted by Crippen LogP contribution is -2.51. The second-order valence-electron chi connectivity index (χ2n) is 5.34. The van der Waals surface area contributed by atoms with Gasteiger partial charge in [0, 0.05) is 20.7 Å². The maximum absolute atomic E-state index is 12.2. The van der Waals surface area contributed by atoms with Gasteiger partial charge in [-0.3, -0.25) is 9.59 Å². The summed E-state index contributed by atoms with van der Waals surface area (Å²) in [6, 6.07) is 0. The van der Waals surface area contributed by atoms with Gasteiger partial charge in [-0.2, -0.15) is 0 Å². The van der Waals surface area contributed by atoms with Gasteiger partial charge in [0.05, 0.1) is 32.7 Å². The van der Waals surface area contributed by atoms with Crippen LogP contribution in [-0.4, -0.2) is 88.3 Å². The highest BCUT2D eigenvalue weighted by molar-refractivity contribution is 5.79. The van der Waals surface area contributed by atoms with E-state index in [2.05, 4.69) is 5.32 Å². The van der Waals surface area contributed by atoms with E-state index in [1.54, 1.807) is 19.1 Å². The van der Waals surface area contributed by atoms with E-state index in [0.717, 1.165) is 0 Å². The lowest BCUT2D eigenvalue weighted by molar-refractivity contribution is -0.140. The van der Waals surface area contributed by atoms with E-state index < -0.39 is 5.60 Å². The van der Waals surface area contributed by atoms with Gasteiger partial charge in [0.15, 0.2) is 0 Å². The molecule has 0 spiro atoms. The number of hydrogen-bond donors (Lipinski definition) is 1. The molecule has 0 aromatic heterocycles. The Morgan fingerprint density at radius 2 is 2.15 bits per heavy atom.